The molecule has 5 heteroatoms. The number of rotatable bonds is 8. The van der Waals surface area contributed by atoms with Gasteiger partial charge in [-0.15, -0.1) is 0 Å². The Balaban J connectivity index is 2.36. The third kappa shape index (κ3) is 5.59. The maximum absolute atomic E-state index is 12.0. The summed E-state index contributed by atoms with van der Waals surface area (Å²) in [6.07, 6.45) is 0.948. The van der Waals surface area contributed by atoms with Crippen molar-refractivity contribution in [3.05, 3.63) is 0 Å². The van der Waals surface area contributed by atoms with Gasteiger partial charge in [-0.2, -0.15) is 0 Å². The first kappa shape index (κ1) is 16.0. The Labute approximate surface area is 115 Å². The summed E-state index contributed by atoms with van der Waals surface area (Å²) in [5.74, 6) is 0.137. The fourth-order valence-corrected chi connectivity index (χ4v) is 2.44. The van der Waals surface area contributed by atoms with E-state index in [0.29, 0.717) is 18.4 Å². The van der Waals surface area contributed by atoms with E-state index < -0.39 is 5.97 Å². The van der Waals surface area contributed by atoms with Gasteiger partial charge in [0.1, 0.15) is 0 Å². The van der Waals surface area contributed by atoms with Gasteiger partial charge < -0.3 is 15.7 Å². The Morgan fingerprint density at radius 2 is 1.95 bits per heavy atom. The van der Waals surface area contributed by atoms with Crippen LogP contribution in [0.1, 0.15) is 33.6 Å². The van der Waals surface area contributed by atoms with E-state index in [9.17, 15) is 9.59 Å². The van der Waals surface area contributed by atoms with Crippen LogP contribution in [0, 0.1) is 23.7 Å². The molecule has 0 aromatic rings. The minimum atomic E-state index is -0.795. The van der Waals surface area contributed by atoms with E-state index in [-0.39, 0.29) is 24.2 Å². The highest BCUT2D eigenvalue weighted by atomic mass is 16.4. The molecule has 0 aromatic carbocycles. The third-order valence-corrected chi connectivity index (χ3v) is 3.77. The molecule has 0 aromatic heterocycles. The number of carboxylic acids is 1. The van der Waals surface area contributed by atoms with Crippen LogP contribution in [0.4, 0.5) is 0 Å². The molecule has 1 amide bonds. The van der Waals surface area contributed by atoms with Gasteiger partial charge in [-0.1, -0.05) is 20.8 Å². The third-order valence-electron chi connectivity index (χ3n) is 3.77. The van der Waals surface area contributed by atoms with Crippen LogP contribution in [0.25, 0.3) is 0 Å². The Hall–Kier alpha value is -1.10. The fourth-order valence-electron chi connectivity index (χ4n) is 2.44. The molecule has 0 spiro atoms. The Morgan fingerprint density at radius 3 is 2.37 bits per heavy atom. The van der Waals surface area contributed by atoms with Crippen molar-refractivity contribution in [3.8, 4) is 0 Å². The van der Waals surface area contributed by atoms with Crippen LogP contribution < -0.4 is 10.6 Å². The molecule has 2 unspecified atom stereocenters. The lowest BCUT2D eigenvalue weighted by atomic mass is 9.88. The van der Waals surface area contributed by atoms with Crippen molar-refractivity contribution >= 4 is 11.9 Å². The zero-order valence-corrected chi connectivity index (χ0v) is 12.1. The second-order valence-electron chi connectivity index (χ2n) is 6.05. The molecule has 1 heterocycles. The Bertz CT molecular complexity index is 314. The van der Waals surface area contributed by atoms with Crippen molar-refractivity contribution in [1.29, 1.82) is 0 Å². The largest absolute Gasteiger partial charge is 0.481 e. The van der Waals surface area contributed by atoms with Crippen LogP contribution in [-0.4, -0.2) is 36.6 Å². The van der Waals surface area contributed by atoms with Crippen LogP contribution in [0.15, 0.2) is 0 Å². The van der Waals surface area contributed by atoms with Crippen molar-refractivity contribution in [1.82, 2.24) is 10.6 Å². The summed E-state index contributed by atoms with van der Waals surface area (Å²) in [5, 5.41) is 15.0. The smallest absolute Gasteiger partial charge is 0.303 e. The van der Waals surface area contributed by atoms with Crippen LogP contribution in [0.5, 0.6) is 0 Å². The fraction of sp³-hybridized carbons (Fsp3) is 0.857. The number of hydrogen-bond acceptors (Lipinski definition) is 3. The molecule has 0 radical (unpaired) electrons. The molecule has 1 saturated heterocycles. The van der Waals surface area contributed by atoms with Gasteiger partial charge in [0, 0.05) is 18.9 Å². The van der Waals surface area contributed by atoms with E-state index in [1.165, 1.54) is 0 Å². The van der Waals surface area contributed by atoms with Gasteiger partial charge in [-0.05, 0) is 37.3 Å². The first-order valence-corrected chi connectivity index (χ1v) is 7.10. The molecular weight excluding hydrogens is 244 g/mol. The minimum Gasteiger partial charge on any atom is -0.481 e. The van der Waals surface area contributed by atoms with E-state index in [2.05, 4.69) is 24.5 Å². The van der Waals surface area contributed by atoms with Gasteiger partial charge in [-0.3, -0.25) is 9.59 Å². The predicted molar refractivity (Wildman–Crippen MR) is 73.7 cm³/mol. The van der Waals surface area contributed by atoms with E-state index >= 15 is 0 Å². The number of amides is 1. The summed E-state index contributed by atoms with van der Waals surface area (Å²) < 4.78 is 0. The lowest BCUT2D eigenvalue weighted by molar-refractivity contribution is -0.138. The summed E-state index contributed by atoms with van der Waals surface area (Å²) in [4.78, 5) is 22.8. The second-order valence-corrected chi connectivity index (χ2v) is 6.05. The molecular formula is C14H26N2O3. The Morgan fingerprint density at radius 1 is 1.32 bits per heavy atom. The highest BCUT2D eigenvalue weighted by Gasteiger charge is 2.29. The molecule has 1 aliphatic rings. The molecule has 5 nitrogen and oxygen atoms in total. The number of carbonyl (C=O) groups excluding carboxylic acids is 1. The molecule has 1 fully saturated rings. The first-order valence-electron chi connectivity index (χ1n) is 7.10. The molecule has 0 bridgehead atoms. The summed E-state index contributed by atoms with van der Waals surface area (Å²) in [7, 11) is 0. The number of hydrogen-bond donors (Lipinski definition) is 3. The van der Waals surface area contributed by atoms with E-state index in [1.807, 2.05) is 6.92 Å². The minimum absolute atomic E-state index is 0.00535. The molecule has 1 rings (SSSR count). The number of carbonyl (C=O) groups is 2. The highest BCUT2D eigenvalue weighted by Crippen LogP contribution is 2.17. The average Bonchev–Trinajstić information content (AvgIpc) is 2.21. The maximum Gasteiger partial charge on any atom is 0.303 e. The van der Waals surface area contributed by atoms with Gasteiger partial charge >= 0.3 is 5.97 Å². The second kappa shape index (κ2) is 7.48. The molecule has 0 saturated carbocycles. The molecule has 19 heavy (non-hydrogen) atoms. The van der Waals surface area contributed by atoms with Crippen molar-refractivity contribution < 1.29 is 14.7 Å². The van der Waals surface area contributed by atoms with Gasteiger partial charge in [0.05, 0.1) is 0 Å². The van der Waals surface area contributed by atoms with E-state index in [4.69, 9.17) is 5.11 Å². The zero-order valence-electron chi connectivity index (χ0n) is 12.1. The molecule has 2 atom stereocenters. The standard InChI is InChI=1S/C14H26N2O3/c1-9(2)4-11(5-13(17)18)6-16-14(19)10(3)12-7-15-8-12/h9-12,15H,4-8H2,1-3H3,(H,16,19)(H,17,18). The summed E-state index contributed by atoms with van der Waals surface area (Å²) in [6.45, 7) is 8.35. The normalized spacial score (nSPS) is 18.7. The van der Waals surface area contributed by atoms with Gasteiger partial charge in [0.2, 0.25) is 5.91 Å². The molecule has 0 aliphatic carbocycles. The summed E-state index contributed by atoms with van der Waals surface area (Å²) in [6, 6.07) is 0. The monoisotopic (exact) mass is 270 g/mol. The van der Waals surface area contributed by atoms with Crippen LogP contribution in [0.2, 0.25) is 0 Å². The lowest BCUT2D eigenvalue weighted by Crippen LogP contribution is -2.50. The number of carboxylic acid groups (broad SMARTS) is 1. The van der Waals surface area contributed by atoms with Crippen molar-refractivity contribution in [2.45, 2.75) is 33.6 Å². The maximum atomic E-state index is 12.0. The van der Waals surface area contributed by atoms with Gasteiger partial charge in [0.15, 0.2) is 0 Å². The van der Waals surface area contributed by atoms with E-state index in [0.717, 1.165) is 19.5 Å². The first-order chi connectivity index (χ1) is 8.90. The predicted octanol–water partition coefficient (Wildman–Crippen LogP) is 1.10. The average molecular weight is 270 g/mol. The number of aliphatic carboxylic acids is 1. The van der Waals surface area contributed by atoms with Crippen LogP contribution >= 0.6 is 0 Å². The van der Waals surface area contributed by atoms with Gasteiger partial charge in [-0.25, -0.2) is 0 Å². The topological polar surface area (TPSA) is 78.4 Å². The van der Waals surface area contributed by atoms with Crippen molar-refractivity contribution in [3.63, 3.8) is 0 Å². The molecule has 1 aliphatic heterocycles. The summed E-state index contributed by atoms with van der Waals surface area (Å²) >= 11 is 0. The highest BCUT2D eigenvalue weighted by molar-refractivity contribution is 5.78. The van der Waals surface area contributed by atoms with Crippen molar-refractivity contribution in [2.24, 2.45) is 23.7 Å². The SMILES string of the molecule is CC(C)CC(CNC(=O)C(C)C1CNC1)CC(=O)O. The quantitative estimate of drug-likeness (QED) is 0.617. The number of nitrogens with one attached hydrogen (secondary N) is 2. The van der Waals surface area contributed by atoms with E-state index in [1.54, 1.807) is 0 Å². The molecule has 110 valence electrons. The Kier molecular flexibility index (Phi) is 6.28. The van der Waals surface area contributed by atoms with Gasteiger partial charge in [0.25, 0.3) is 0 Å². The lowest BCUT2D eigenvalue weighted by Gasteiger charge is -2.32. The van der Waals surface area contributed by atoms with Crippen LogP contribution in [0.3, 0.4) is 0 Å². The molecule has 3 N–H and O–H groups in total. The zero-order chi connectivity index (χ0) is 14.4. The summed E-state index contributed by atoms with van der Waals surface area (Å²) in [5.41, 5.74) is 0. The van der Waals surface area contributed by atoms with Crippen LogP contribution in [-0.2, 0) is 9.59 Å². The van der Waals surface area contributed by atoms with Crippen molar-refractivity contribution in [2.75, 3.05) is 19.6 Å².